The number of ether oxygens (including phenoxy) is 1. The maximum atomic E-state index is 9.64. The zero-order chi connectivity index (χ0) is 9.30. The molecular formula is C9H18O3. The fourth-order valence-electron chi connectivity index (χ4n) is 1.74. The highest BCUT2D eigenvalue weighted by Gasteiger charge is 2.38. The molecule has 1 fully saturated rings. The van der Waals surface area contributed by atoms with E-state index in [1.807, 2.05) is 20.8 Å². The van der Waals surface area contributed by atoms with Gasteiger partial charge in [0.2, 0.25) is 0 Å². The molecule has 2 N–H and O–H groups in total. The molecule has 1 aliphatic rings. The number of hydrogen-bond donors (Lipinski definition) is 2. The molecule has 3 nitrogen and oxygen atoms in total. The standard InChI is InChI=1S/C9H18O3/c1-4-7-9(11)5(2)8(10)6(3)12-7/h5-11H,4H2,1-3H3/t5-,6+,7?,8?,9+/m1/s1. The SMILES string of the molecule is CCC1O[C@@H](C)C(O)[C@@H](C)[C@@H]1O. The third-order valence-corrected chi connectivity index (χ3v) is 2.73. The van der Waals surface area contributed by atoms with Gasteiger partial charge in [-0.3, -0.25) is 0 Å². The average molecular weight is 174 g/mol. The van der Waals surface area contributed by atoms with Gasteiger partial charge in [0, 0.05) is 5.92 Å². The Morgan fingerprint density at radius 3 is 2.25 bits per heavy atom. The molecule has 1 aliphatic heterocycles. The van der Waals surface area contributed by atoms with Crippen molar-refractivity contribution in [2.75, 3.05) is 0 Å². The summed E-state index contributed by atoms with van der Waals surface area (Å²) in [6, 6.07) is 0. The Morgan fingerprint density at radius 1 is 1.17 bits per heavy atom. The zero-order valence-electron chi connectivity index (χ0n) is 7.90. The van der Waals surface area contributed by atoms with Crippen LogP contribution in [-0.2, 0) is 4.74 Å². The first-order chi connectivity index (χ1) is 5.57. The van der Waals surface area contributed by atoms with Crippen molar-refractivity contribution in [2.24, 2.45) is 5.92 Å². The third-order valence-electron chi connectivity index (χ3n) is 2.73. The summed E-state index contributed by atoms with van der Waals surface area (Å²) in [5.41, 5.74) is 0. The van der Waals surface area contributed by atoms with Crippen LogP contribution >= 0.6 is 0 Å². The van der Waals surface area contributed by atoms with Crippen molar-refractivity contribution >= 4 is 0 Å². The Balaban J connectivity index is 2.63. The number of aliphatic hydroxyl groups excluding tert-OH is 2. The van der Waals surface area contributed by atoms with Gasteiger partial charge in [-0.15, -0.1) is 0 Å². The van der Waals surface area contributed by atoms with Crippen molar-refractivity contribution in [3.8, 4) is 0 Å². The first-order valence-electron chi connectivity index (χ1n) is 4.59. The van der Waals surface area contributed by atoms with Crippen LogP contribution in [0.4, 0.5) is 0 Å². The molecule has 1 rings (SSSR count). The Labute approximate surface area is 73.4 Å². The highest BCUT2D eigenvalue weighted by atomic mass is 16.5. The Hall–Kier alpha value is -0.120. The van der Waals surface area contributed by atoms with Gasteiger partial charge in [0.05, 0.1) is 24.4 Å². The van der Waals surface area contributed by atoms with Crippen LogP contribution in [0.5, 0.6) is 0 Å². The Kier molecular flexibility index (Phi) is 3.09. The maximum absolute atomic E-state index is 9.64. The second-order valence-electron chi connectivity index (χ2n) is 3.63. The summed E-state index contributed by atoms with van der Waals surface area (Å²) in [7, 11) is 0. The molecule has 5 atom stereocenters. The van der Waals surface area contributed by atoms with Gasteiger partial charge in [-0.1, -0.05) is 13.8 Å². The highest BCUT2D eigenvalue weighted by molar-refractivity contribution is 4.87. The van der Waals surface area contributed by atoms with Gasteiger partial charge in [-0.2, -0.15) is 0 Å². The summed E-state index contributed by atoms with van der Waals surface area (Å²) in [5, 5.41) is 19.2. The molecule has 3 heteroatoms. The van der Waals surface area contributed by atoms with E-state index in [1.54, 1.807) is 0 Å². The van der Waals surface area contributed by atoms with Gasteiger partial charge in [0.25, 0.3) is 0 Å². The zero-order valence-corrected chi connectivity index (χ0v) is 7.90. The molecule has 2 unspecified atom stereocenters. The van der Waals surface area contributed by atoms with Crippen molar-refractivity contribution in [3.63, 3.8) is 0 Å². The molecule has 0 radical (unpaired) electrons. The van der Waals surface area contributed by atoms with Gasteiger partial charge >= 0.3 is 0 Å². The van der Waals surface area contributed by atoms with Crippen molar-refractivity contribution in [2.45, 2.75) is 51.6 Å². The lowest BCUT2D eigenvalue weighted by molar-refractivity contribution is -0.190. The second kappa shape index (κ2) is 3.73. The van der Waals surface area contributed by atoms with Crippen LogP contribution in [0.25, 0.3) is 0 Å². The van der Waals surface area contributed by atoms with Crippen LogP contribution < -0.4 is 0 Å². The van der Waals surface area contributed by atoms with Gasteiger partial charge in [-0.25, -0.2) is 0 Å². The molecule has 72 valence electrons. The molecule has 1 saturated heterocycles. The molecule has 0 aromatic heterocycles. The maximum Gasteiger partial charge on any atom is 0.0852 e. The minimum Gasteiger partial charge on any atom is -0.390 e. The number of aliphatic hydroxyl groups is 2. The molecular weight excluding hydrogens is 156 g/mol. The monoisotopic (exact) mass is 174 g/mol. The quantitative estimate of drug-likeness (QED) is 0.610. The van der Waals surface area contributed by atoms with Crippen molar-refractivity contribution in [3.05, 3.63) is 0 Å². The van der Waals surface area contributed by atoms with Crippen LogP contribution in [0.3, 0.4) is 0 Å². The number of hydrogen-bond acceptors (Lipinski definition) is 3. The fourth-order valence-corrected chi connectivity index (χ4v) is 1.74. The van der Waals surface area contributed by atoms with E-state index < -0.39 is 12.2 Å². The molecule has 0 aromatic rings. The average Bonchev–Trinajstić information content (AvgIpc) is 2.08. The summed E-state index contributed by atoms with van der Waals surface area (Å²) in [6.45, 7) is 5.68. The van der Waals surface area contributed by atoms with E-state index in [0.29, 0.717) is 0 Å². The molecule has 0 saturated carbocycles. The van der Waals surface area contributed by atoms with Crippen LogP contribution in [0.15, 0.2) is 0 Å². The minimum atomic E-state index is -0.539. The Bertz CT molecular complexity index is 144. The summed E-state index contributed by atoms with van der Waals surface area (Å²) in [4.78, 5) is 0. The lowest BCUT2D eigenvalue weighted by Crippen LogP contribution is -2.51. The first-order valence-corrected chi connectivity index (χ1v) is 4.59. The third kappa shape index (κ3) is 1.63. The Morgan fingerprint density at radius 2 is 1.75 bits per heavy atom. The van der Waals surface area contributed by atoms with Crippen LogP contribution in [0.1, 0.15) is 27.2 Å². The molecule has 0 spiro atoms. The van der Waals surface area contributed by atoms with E-state index in [-0.39, 0.29) is 18.1 Å². The van der Waals surface area contributed by atoms with E-state index in [0.717, 1.165) is 6.42 Å². The predicted molar refractivity (Wildman–Crippen MR) is 45.8 cm³/mol. The molecule has 0 bridgehead atoms. The van der Waals surface area contributed by atoms with Gasteiger partial charge in [0.15, 0.2) is 0 Å². The number of rotatable bonds is 1. The van der Waals surface area contributed by atoms with Crippen LogP contribution in [-0.4, -0.2) is 34.6 Å². The topological polar surface area (TPSA) is 49.7 Å². The van der Waals surface area contributed by atoms with Gasteiger partial charge in [-0.05, 0) is 13.3 Å². The smallest absolute Gasteiger partial charge is 0.0852 e. The van der Waals surface area contributed by atoms with Crippen molar-refractivity contribution in [1.82, 2.24) is 0 Å². The molecule has 0 amide bonds. The van der Waals surface area contributed by atoms with Crippen LogP contribution in [0, 0.1) is 5.92 Å². The lowest BCUT2D eigenvalue weighted by Gasteiger charge is -2.40. The normalized spacial score (nSPS) is 49.2. The van der Waals surface area contributed by atoms with Crippen molar-refractivity contribution < 1.29 is 14.9 Å². The molecule has 12 heavy (non-hydrogen) atoms. The lowest BCUT2D eigenvalue weighted by atomic mass is 9.87. The summed E-state index contributed by atoms with van der Waals surface area (Å²) < 4.78 is 5.43. The second-order valence-corrected chi connectivity index (χ2v) is 3.63. The fraction of sp³-hybridized carbons (Fsp3) is 1.00. The molecule has 0 aliphatic carbocycles. The van der Waals surface area contributed by atoms with E-state index in [2.05, 4.69) is 0 Å². The van der Waals surface area contributed by atoms with Gasteiger partial charge < -0.3 is 14.9 Å². The largest absolute Gasteiger partial charge is 0.390 e. The molecule has 1 heterocycles. The first kappa shape index (κ1) is 9.96. The predicted octanol–water partition coefficient (Wildman–Crippen LogP) is 0.542. The summed E-state index contributed by atoms with van der Waals surface area (Å²) in [6.07, 6.45) is -0.543. The van der Waals surface area contributed by atoms with E-state index in [1.165, 1.54) is 0 Å². The van der Waals surface area contributed by atoms with E-state index >= 15 is 0 Å². The summed E-state index contributed by atoms with van der Waals surface area (Å²) >= 11 is 0. The van der Waals surface area contributed by atoms with Gasteiger partial charge in [0.1, 0.15) is 0 Å². The van der Waals surface area contributed by atoms with E-state index in [9.17, 15) is 10.2 Å². The van der Waals surface area contributed by atoms with Crippen molar-refractivity contribution in [1.29, 1.82) is 0 Å². The molecule has 0 aromatic carbocycles. The van der Waals surface area contributed by atoms with E-state index in [4.69, 9.17) is 4.74 Å². The minimum absolute atomic E-state index is 0.0845. The van der Waals surface area contributed by atoms with Crippen LogP contribution in [0.2, 0.25) is 0 Å². The summed E-state index contributed by atoms with van der Waals surface area (Å²) in [5.74, 6) is -0.0845. The highest BCUT2D eigenvalue weighted by Crippen LogP contribution is 2.26.